The highest BCUT2D eigenvalue weighted by Crippen LogP contribution is 2.31. The summed E-state index contributed by atoms with van der Waals surface area (Å²) in [5.41, 5.74) is 1.38. The molecule has 0 saturated carbocycles. The molecule has 0 unspecified atom stereocenters. The molecule has 1 N–H and O–H groups in total. The van der Waals surface area contributed by atoms with Gasteiger partial charge in [0.15, 0.2) is 0 Å². The van der Waals surface area contributed by atoms with Crippen LogP contribution in [0, 0.1) is 0 Å². The van der Waals surface area contributed by atoms with Gasteiger partial charge in [-0.3, -0.25) is 14.5 Å². The van der Waals surface area contributed by atoms with Crippen molar-refractivity contribution in [3.05, 3.63) is 64.5 Å². The minimum atomic E-state index is -0.183. The molecule has 7 heteroatoms. The lowest BCUT2D eigenvalue weighted by atomic mass is 10.1. The van der Waals surface area contributed by atoms with E-state index < -0.39 is 0 Å². The first-order valence-electron chi connectivity index (χ1n) is 7.17. The topological polar surface area (TPSA) is 62.6 Å². The quantitative estimate of drug-likeness (QED) is 0.672. The highest BCUT2D eigenvalue weighted by Gasteiger charge is 2.28. The van der Waals surface area contributed by atoms with Gasteiger partial charge in [0.25, 0.3) is 11.8 Å². The summed E-state index contributed by atoms with van der Waals surface area (Å²) in [5.74, 6) is 0.407. The Morgan fingerprint density at radius 2 is 2.08 bits per heavy atom. The van der Waals surface area contributed by atoms with Crippen molar-refractivity contribution in [1.82, 2.24) is 10.2 Å². The number of thioether (sulfide) groups is 1. The SMILES string of the molecule is CN1C(=O)/C(=C/c2ccc(C(=O)NCc3ccco3)cc2)SC1=S. The van der Waals surface area contributed by atoms with E-state index in [9.17, 15) is 9.59 Å². The molecule has 2 amide bonds. The van der Waals surface area contributed by atoms with Crippen molar-refractivity contribution < 1.29 is 14.0 Å². The van der Waals surface area contributed by atoms with Crippen LogP contribution in [0.15, 0.2) is 52.0 Å². The second-order valence-electron chi connectivity index (χ2n) is 5.12. The van der Waals surface area contributed by atoms with Gasteiger partial charge in [-0.05, 0) is 35.9 Å². The van der Waals surface area contributed by atoms with Crippen LogP contribution < -0.4 is 5.32 Å². The maximum absolute atomic E-state index is 12.1. The molecule has 0 bridgehead atoms. The molecule has 2 heterocycles. The molecule has 1 aliphatic heterocycles. The first-order chi connectivity index (χ1) is 11.5. The van der Waals surface area contributed by atoms with Crippen LogP contribution in [0.4, 0.5) is 0 Å². The number of furan rings is 1. The molecule has 24 heavy (non-hydrogen) atoms. The highest BCUT2D eigenvalue weighted by atomic mass is 32.2. The predicted molar refractivity (Wildman–Crippen MR) is 97.3 cm³/mol. The maximum Gasteiger partial charge on any atom is 0.265 e. The Labute approximate surface area is 148 Å². The zero-order valence-electron chi connectivity index (χ0n) is 12.8. The summed E-state index contributed by atoms with van der Waals surface area (Å²) in [4.78, 5) is 26.1. The van der Waals surface area contributed by atoms with E-state index in [0.29, 0.717) is 27.1 Å². The number of hydrogen-bond donors (Lipinski definition) is 1. The Hall–Kier alpha value is -2.38. The van der Waals surface area contributed by atoms with Crippen molar-refractivity contribution in [3.63, 3.8) is 0 Å². The molecular weight excluding hydrogens is 344 g/mol. The van der Waals surface area contributed by atoms with E-state index in [1.54, 1.807) is 55.8 Å². The van der Waals surface area contributed by atoms with Crippen molar-refractivity contribution >= 4 is 46.2 Å². The minimum absolute atomic E-state index is 0.106. The molecule has 1 saturated heterocycles. The van der Waals surface area contributed by atoms with Gasteiger partial charge >= 0.3 is 0 Å². The zero-order valence-corrected chi connectivity index (χ0v) is 14.4. The number of carbonyl (C=O) groups excluding carboxylic acids is 2. The van der Waals surface area contributed by atoms with Crippen molar-refractivity contribution in [2.45, 2.75) is 6.54 Å². The number of benzene rings is 1. The van der Waals surface area contributed by atoms with Gasteiger partial charge in [-0.2, -0.15) is 0 Å². The van der Waals surface area contributed by atoms with Gasteiger partial charge in [-0.25, -0.2) is 0 Å². The Balaban J connectivity index is 1.66. The molecule has 5 nitrogen and oxygen atoms in total. The van der Waals surface area contributed by atoms with Crippen molar-refractivity contribution in [2.24, 2.45) is 0 Å². The van der Waals surface area contributed by atoms with Crippen LogP contribution in [0.2, 0.25) is 0 Å². The smallest absolute Gasteiger partial charge is 0.265 e. The fraction of sp³-hybridized carbons (Fsp3) is 0.118. The van der Waals surface area contributed by atoms with Crippen LogP contribution in [0.3, 0.4) is 0 Å². The lowest BCUT2D eigenvalue weighted by molar-refractivity contribution is -0.121. The fourth-order valence-electron chi connectivity index (χ4n) is 2.11. The summed E-state index contributed by atoms with van der Waals surface area (Å²) in [6.45, 7) is 0.340. The molecule has 122 valence electrons. The minimum Gasteiger partial charge on any atom is -0.467 e. The van der Waals surface area contributed by atoms with Gasteiger partial charge in [0.2, 0.25) is 0 Å². The summed E-state index contributed by atoms with van der Waals surface area (Å²) >= 11 is 6.37. The molecule has 0 atom stereocenters. The number of amides is 2. The normalized spacial score (nSPS) is 16.0. The van der Waals surface area contributed by atoms with E-state index in [1.165, 1.54) is 16.7 Å². The monoisotopic (exact) mass is 358 g/mol. The maximum atomic E-state index is 12.1. The van der Waals surface area contributed by atoms with E-state index in [0.717, 1.165) is 5.56 Å². The first-order valence-corrected chi connectivity index (χ1v) is 8.39. The zero-order chi connectivity index (χ0) is 17.1. The van der Waals surface area contributed by atoms with Crippen LogP contribution in [-0.2, 0) is 11.3 Å². The number of likely N-dealkylation sites (N-methyl/N-ethyl adjacent to an activating group) is 1. The molecule has 1 aromatic carbocycles. The fourth-order valence-corrected chi connectivity index (χ4v) is 3.29. The molecular formula is C17H14N2O3S2. The van der Waals surface area contributed by atoms with E-state index >= 15 is 0 Å². The predicted octanol–water partition coefficient (Wildman–Crippen LogP) is 3.04. The standard InChI is InChI=1S/C17H14N2O3S2/c1-19-16(21)14(24-17(19)23)9-11-4-6-12(7-5-11)15(20)18-10-13-3-2-8-22-13/h2-9H,10H2,1H3,(H,18,20)/b14-9-. The van der Waals surface area contributed by atoms with Gasteiger partial charge in [0.1, 0.15) is 10.1 Å². The molecule has 2 aromatic rings. The van der Waals surface area contributed by atoms with E-state index in [1.807, 2.05) is 0 Å². The third kappa shape index (κ3) is 3.58. The first kappa shape index (κ1) is 16.5. The number of hydrogen-bond acceptors (Lipinski definition) is 5. The molecule has 1 aliphatic rings. The van der Waals surface area contributed by atoms with Crippen LogP contribution in [0.25, 0.3) is 6.08 Å². The molecule has 1 fully saturated rings. The lowest BCUT2D eigenvalue weighted by Crippen LogP contribution is -2.22. The molecule has 0 radical (unpaired) electrons. The highest BCUT2D eigenvalue weighted by molar-refractivity contribution is 8.26. The summed E-state index contributed by atoms with van der Waals surface area (Å²) < 4.78 is 5.71. The van der Waals surface area contributed by atoms with Crippen LogP contribution in [0.5, 0.6) is 0 Å². The van der Waals surface area contributed by atoms with Crippen LogP contribution in [-0.4, -0.2) is 28.1 Å². The summed E-state index contributed by atoms with van der Waals surface area (Å²) in [6, 6.07) is 10.6. The molecule has 0 aliphatic carbocycles. The Morgan fingerprint density at radius 3 is 2.67 bits per heavy atom. The van der Waals surface area contributed by atoms with E-state index in [-0.39, 0.29) is 11.8 Å². The van der Waals surface area contributed by atoms with Crippen LogP contribution >= 0.6 is 24.0 Å². The summed E-state index contributed by atoms with van der Waals surface area (Å²) in [6.07, 6.45) is 3.34. The molecule has 0 spiro atoms. The number of nitrogens with one attached hydrogen (secondary N) is 1. The summed E-state index contributed by atoms with van der Waals surface area (Å²) in [5, 5.41) is 2.78. The number of rotatable bonds is 4. The van der Waals surface area contributed by atoms with Gasteiger partial charge < -0.3 is 9.73 Å². The lowest BCUT2D eigenvalue weighted by Gasteiger charge is -2.04. The number of carbonyl (C=O) groups is 2. The number of nitrogens with zero attached hydrogens (tertiary/aromatic N) is 1. The average molecular weight is 358 g/mol. The third-order valence-corrected chi connectivity index (χ3v) is 4.95. The van der Waals surface area contributed by atoms with Crippen molar-refractivity contribution in [1.29, 1.82) is 0 Å². The van der Waals surface area contributed by atoms with Crippen molar-refractivity contribution in [2.75, 3.05) is 7.05 Å². The van der Waals surface area contributed by atoms with Crippen LogP contribution in [0.1, 0.15) is 21.7 Å². The Bertz CT molecular complexity index is 811. The second-order valence-corrected chi connectivity index (χ2v) is 6.80. The largest absolute Gasteiger partial charge is 0.467 e. The molecule has 3 rings (SSSR count). The van der Waals surface area contributed by atoms with Gasteiger partial charge in [-0.15, -0.1) is 0 Å². The number of thiocarbonyl (C=S) groups is 1. The van der Waals surface area contributed by atoms with E-state index in [4.69, 9.17) is 16.6 Å². The average Bonchev–Trinajstić information content (AvgIpc) is 3.19. The van der Waals surface area contributed by atoms with Crippen molar-refractivity contribution in [3.8, 4) is 0 Å². The Morgan fingerprint density at radius 1 is 1.33 bits per heavy atom. The van der Waals surface area contributed by atoms with E-state index in [2.05, 4.69) is 5.32 Å². The second kappa shape index (κ2) is 7.02. The van der Waals surface area contributed by atoms with Gasteiger partial charge in [0.05, 0.1) is 17.7 Å². The van der Waals surface area contributed by atoms with Gasteiger partial charge in [-0.1, -0.05) is 36.1 Å². The molecule has 1 aromatic heterocycles. The van der Waals surface area contributed by atoms with Gasteiger partial charge in [0, 0.05) is 12.6 Å². The Kier molecular flexibility index (Phi) is 4.82. The third-order valence-electron chi connectivity index (χ3n) is 3.46. The summed E-state index contributed by atoms with van der Waals surface area (Å²) in [7, 11) is 1.66.